The van der Waals surface area contributed by atoms with Crippen LogP contribution in [-0.2, 0) is 110 Å². The van der Waals surface area contributed by atoms with Crippen molar-refractivity contribution in [1.82, 2.24) is 80.8 Å². The van der Waals surface area contributed by atoms with Crippen LogP contribution in [0, 0.1) is 60.2 Å². The molecule has 0 saturated carbocycles. The molecule has 9 heterocycles. The molecule has 13 aromatic rings. The fraction of sp³-hybridized carbons (Fsp3) is 0.519. The molecule has 0 saturated heterocycles. The first kappa shape index (κ1) is 119. The van der Waals surface area contributed by atoms with Crippen LogP contribution < -0.4 is 4.72 Å². The molecule has 40 heteroatoms. The van der Waals surface area contributed by atoms with Crippen molar-refractivity contribution in [3.05, 3.63) is 209 Å². The lowest BCUT2D eigenvalue weighted by Crippen LogP contribution is -2.53. The zero-order valence-corrected chi connectivity index (χ0v) is 95.3. The molecule has 9 aromatic heterocycles. The van der Waals surface area contributed by atoms with Gasteiger partial charge in [0.2, 0.25) is 69.6 Å². The number of rotatable bonds is 49. The van der Waals surface area contributed by atoms with Gasteiger partial charge in [-0.3, -0.25) is 29.0 Å². The monoisotopic (exact) mass is 2150 g/mol. The van der Waals surface area contributed by atoms with Gasteiger partial charge in [-0.2, -0.15) is 17.6 Å². The quantitative estimate of drug-likeness (QED) is 0.0370. The van der Waals surface area contributed by atoms with Gasteiger partial charge in [-0.15, -0.1) is 22.7 Å². The minimum atomic E-state index is -4.12. The van der Waals surface area contributed by atoms with Crippen molar-refractivity contribution >= 4 is 136 Å². The lowest BCUT2D eigenvalue weighted by molar-refractivity contribution is -0.139. The number of imidazole rings is 3. The normalized spacial score (nSPS) is 13.2. The van der Waals surface area contributed by atoms with Gasteiger partial charge in [0.05, 0.1) is 117 Å². The Morgan fingerprint density at radius 2 is 0.858 bits per heavy atom. The first-order valence-corrected chi connectivity index (χ1v) is 58.4. The lowest BCUT2D eigenvalue weighted by atomic mass is 10.0. The van der Waals surface area contributed by atoms with Crippen LogP contribution in [0.5, 0.6) is 0 Å². The van der Waals surface area contributed by atoms with E-state index in [1.165, 1.54) is 59.9 Å². The topological polar surface area (TPSA) is 392 Å². The molecular formula is C108H153N17O17S6. The van der Waals surface area contributed by atoms with E-state index in [2.05, 4.69) is 93.9 Å². The Morgan fingerprint density at radius 1 is 0.439 bits per heavy atom. The van der Waals surface area contributed by atoms with Gasteiger partial charge >= 0.3 is 0 Å². The Balaban J connectivity index is 0.000000202. The van der Waals surface area contributed by atoms with Crippen molar-refractivity contribution in [1.29, 1.82) is 0 Å². The van der Waals surface area contributed by atoms with E-state index in [1.54, 1.807) is 174 Å². The first-order valence-electron chi connectivity index (χ1n) is 50.9. The van der Waals surface area contributed by atoms with Gasteiger partial charge in [0, 0.05) is 148 Å². The van der Waals surface area contributed by atoms with Crippen molar-refractivity contribution in [3.63, 3.8) is 0 Å². The molecule has 0 fully saturated rings. The fourth-order valence-corrected chi connectivity index (χ4v) is 25.0. The molecule has 0 spiro atoms. The second-order valence-corrected chi connectivity index (χ2v) is 51.4. The third-order valence-corrected chi connectivity index (χ3v) is 33.6. The summed E-state index contributed by atoms with van der Waals surface area (Å²) in [7, 11) is -12.7. The number of carbonyl (C=O) groups is 5. The number of fused-ring (bicyclic) bond motifs is 4. The zero-order valence-electron chi connectivity index (χ0n) is 90.4. The number of aryl methyl sites for hydroxylation is 3. The number of aromatic nitrogens is 8. The standard InChI is InChI=1S/2C28H42N4O4S.C26H37N5O5S.C26H32N4O4S3/c1-20(2)16-26(28(33)31(18-21(3)4)19-22(5)6)32(14-13-30-12-11-29-23(30)7)37(34,35)25-8-9-27-24(17-25)10-15-36-27;1-8-30-19-29-15-24(30)18-32(37(34,35)25-9-10-27-23(14-25)11-12-36-27)26(13-20(2)3)28(33)31(16-21(4)5)17-22(6)7;1-18(2)14-31(15-19(3)4)26(33)23(12-25(32)29(5)16-21-13-27-17-30(21)6)28-37(34,35)22-7-8-24-20(11-22)9-10-36-24;1-17(2)12-29(13-21-15-35-25(28-21)18(3)4)26(31)19(5)30(14-22-11-27-16-36-22)37(32,33)23-6-7-24-20(10-23)8-9-34-24/h8-12,15,17,20-22,26H,13-14,16,18-19H2,1-7H3;9-12,14-15,19-22,26H,8,13,16-18H2,1-7H3;7-11,13,17-19,23,28H,12,14-16H2,1-6H3;6-11,15-19H,12-14H2,1-5H3/t2*26-;23-;19-/m0000/s1. The van der Waals surface area contributed by atoms with Gasteiger partial charge < -0.3 is 55.9 Å². The van der Waals surface area contributed by atoms with E-state index in [9.17, 15) is 57.6 Å². The molecule has 0 radical (unpaired) electrons. The van der Waals surface area contributed by atoms with Crippen LogP contribution in [-0.4, -0.2) is 223 Å². The lowest BCUT2D eigenvalue weighted by Gasteiger charge is -2.36. The number of hydrogen-bond donors (Lipinski definition) is 1. The SMILES string of the molecule is CC(C)CN(CC(C)C)C(=O)[C@H](CC(=O)N(C)Cc1cncn1C)NS(=O)(=O)c1ccc2occc2c1.CC(C)CN(Cc1csc(C(C)C)n1)C(=O)[C@H](C)N(Cc1cncs1)S(=O)(=O)c1ccc2occc2c1.CCn1cncc1CN([C@@H](CC(C)C)C(=O)N(CC(C)C)CC(C)C)S(=O)(=O)c1ccc2occc2c1.Cc1nccn1CCN([C@@H](CC(C)C)C(=O)N(CC(C)C)CC(C)C)S(=O)(=O)c1ccc2occc2c1. The van der Waals surface area contributed by atoms with Gasteiger partial charge in [-0.05, 0) is 184 Å². The molecule has 808 valence electrons. The third-order valence-electron chi connectivity index (χ3n) is 24.5. The number of amides is 5. The van der Waals surface area contributed by atoms with Gasteiger partial charge in [0.25, 0.3) is 0 Å². The zero-order chi connectivity index (χ0) is 109. The number of sulfonamides is 4. The first-order chi connectivity index (χ1) is 69.8. The highest BCUT2D eigenvalue weighted by Gasteiger charge is 2.44. The molecule has 0 aliphatic carbocycles. The number of furan rings is 4. The predicted octanol–water partition coefficient (Wildman–Crippen LogP) is 19.3. The Bertz CT molecular complexity index is 6930. The van der Waals surface area contributed by atoms with Crippen LogP contribution in [0.3, 0.4) is 0 Å². The van der Waals surface area contributed by atoms with Crippen LogP contribution in [0.4, 0.5) is 0 Å². The molecule has 4 atom stereocenters. The fourth-order valence-electron chi connectivity index (χ4n) is 17.5. The minimum Gasteiger partial charge on any atom is -0.464 e. The highest BCUT2D eigenvalue weighted by Crippen LogP contribution is 2.35. The van der Waals surface area contributed by atoms with Crippen molar-refractivity contribution in [2.75, 3.05) is 59.4 Å². The third kappa shape index (κ3) is 32.5. The van der Waals surface area contributed by atoms with Crippen LogP contribution in [0.15, 0.2) is 214 Å². The molecule has 0 bridgehead atoms. The maximum absolute atomic E-state index is 14.3. The average Bonchev–Trinajstić information content (AvgIpc) is 1.21. The van der Waals surface area contributed by atoms with Crippen LogP contribution in [0.1, 0.15) is 210 Å². The number of hydrogen-bond acceptors (Lipinski definition) is 24. The highest BCUT2D eigenvalue weighted by atomic mass is 32.2. The number of benzene rings is 4. The van der Waals surface area contributed by atoms with E-state index in [0.717, 1.165) is 32.8 Å². The highest BCUT2D eigenvalue weighted by molar-refractivity contribution is 7.90. The summed E-state index contributed by atoms with van der Waals surface area (Å²) < 4.78 is 146. The summed E-state index contributed by atoms with van der Waals surface area (Å²) in [6, 6.07) is 21.9. The van der Waals surface area contributed by atoms with E-state index in [4.69, 9.17) is 22.7 Å². The summed E-state index contributed by atoms with van der Waals surface area (Å²) in [5.74, 6) is 1.63. The summed E-state index contributed by atoms with van der Waals surface area (Å²) in [5, 5.41) is 5.71. The van der Waals surface area contributed by atoms with Crippen molar-refractivity contribution < 1.29 is 75.3 Å². The maximum Gasteiger partial charge on any atom is 0.244 e. The summed E-state index contributed by atoms with van der Waals surface area (Å²) in [6.45, 7) is 52.1. The molecule has 1 N–H and O–H groups in total. The summed E-state index contributed by atoms with van der Waals surface area (Å²) in [4.78, 5) is 100. The summed E-state index contributed by atoms with van der Waals surface area (Å²) in [6.07, 6.45) is 18.5. The number of nitrogens with zero attached hydrogens (tertiary/aromatic N) is 16. The van der Waals surface area contributed by atoms with Gasteiger partial charge in [-0.1, -0.05) is 138 Å². The molecule has 13 rings (SSSR count). The van der Waals surface area contributed by atoms with Crippen LogP contribution in [0.25, 0.3) is 43.9 Å². The van der Waals surface area contributed by atoms with E-state index in [1.807, 2.05) is 121 Å². The largest absolute Gasteiger partial charge is 0.464 e. The minimum absolute atomic E-state index is 0.00541. The maximum atomic E-state index is 14.3. The Labute approximate surface area is 882 Å². The predicted molar refractivity (Wildman–Crippen MR) is 581 cm³/mol. The molecule has 4 aromatic carbocycles. The molecule has 5 amide bonds. The molecule has 148 heavy (non-hydrogen) atoms. The second kappa shape index (κ2) is 53.6. The van der Waals surface area contributed by atoms with Crippen molar-refractivity contribution in [2.24, 2.45) is 60.3 Å². The second-order valence-electron chi connectivity index (χ2n) is 42.1. The molecule has 0 aliphatic rings. The van der Waals surface area contributed by atoms with Gasteiger partial charge in [0.1, 0.15) is 52.3 Å². The number of carbonyl (C=O) groups excluding carboxylic acids is 5. The Hall–Kier alpha value is -11.1. The van der Waals surface area contributed by atoms with Crippen molar-refractivity contribution in [2.45, 2.75) is 267 Å². The summed E-state index contributed by atoms with van der Waals surface area (Å²) >= 11 is 2.94. The number of nitrogens with one attached hydrogen (secondary N) is 1. The molecular weight excluding hydrogens is 2000 g/mol. The van der Waals surface area contributed by atoms with E-state index < -0.39 is 70.2 Å². The Kier molecular flexibility index (Phi) is 43.0. The van der Waals surface area contributed by atoms with E-state index in [0.29, 0.717) is 128 Å². The smallest absolute Gasteiger partial charge is 0.244 e. The van der Waals surface area contributed by atoms with Crippen LogP contribution in [0.2, 0.25) is 0 Å². The molecule has 0 aliphatic heterocycles. The van der Waals surface area contributed by atoms with Crippen molar-refractivity contribution in [3.8, 4) is 0 Å². The van der Waals surface area contributed by atoms with Crippen LogP contribution >= 0.6 is 22.7 Å². The van der Waals surface area contributed by atoms with Gasteiger partial charge in [-0.25, -0.2) is 53.6 Å². The summed E-state index contributed by atoms with van der Waals surface area (Å²) in [5.41, 5.74) is 6.42. The number of thiazole rings is 2. The van der Waals surface area contributed by atoms with E-state index in [-0.39, 0.29) is 129 Å². The molecule has 0 unspecified atom stereocenters. The average molecular weight is 2150 g/mol. The molecule has 34 nitrogen and oxygen atoms in total. The van der Waals surface area contributed by atoms with Gasteiger partial charge in [0.15, 0.2) is 0 Å². The van der Waals surface area contributed by atoms with E-state index >= 15 is 0 Å². The Morgan fingerprint density at radius 3 is 1.26 bits per heavy atom.